The first kappa shape index (κ1) is 12.3. The van der Waals surface area contributed by atoms with E-state index >= 15 is 0 Å². The van der Waals surface area contributed by atoms with Gasteiger partial charge in [-0.15, -0.1) is 0 Å². The molecule has 3 nitrogen and oxygen atoms in total. The summed E-state index contributed by atoms with van der Waals surface area (Å²) in [6.45, 7) is 3.13. The molecular weight excluding hydrogens is 236 g/mol. The Morgan fingerprint density at radius 1 is 1.26 bits per heavy atom. The molecule has 1 heterocycles. The van der Waals surface area contributed by atoms with Gasteiger partial charge in [0.25, 0.3) is 0 Å². The van der Waals surface area contributed by atoms with Crippen LogP contribution in [0.4, 0.5) is 5.69 Å². The second-order valence-corrected chi connectivity index (χ2v) is 5.33. The highest BCUT2D eigenvalue weighted by molar-refractivity contribution is 5.40. The van der Waals surface area contributed by atoms with Gasteiger partial charge in [-0.05, 0) is 49.6 Å². The standard InChI is InChI=1S/C16H20N2O/c1-12(13-4-6-14(17)7-5-13)18(15-8-9-15)11-16-3-2-10-19-16/h2-7,10,12,15H,8-9,11,17H2,1H3. The Morgan fingerprint density at radius 3 is 2.58 bits per heavy atom. The molecule has 1 aliphatic rings. The monoisotopic (exact) mass is 256 g/mol. The van der Waals surface area contributed by atoms with Crippen LogP contribution in [0.15, 0.2) is 47.1 Å². The molecule has 0 saturated heterocycles. The molecule has 0 amide bonds. The zero-order valence-electron chi connectivity index (χ0n) is 11.3. The topological polar surface area (TPSA) is 42.4 Å². The van der Waals surface area contributed by atoms with Gasteiger partial charge < -0.3 is 10.2 Å². The number of nitrogens with two attached hydrogens (primary N) is 1. The van der Waals surface area contributed by atoms with Crippen molar-refractivity contribution in [2.45, 2.75) is 38.4 Å². The number of rotatable bonds is 5. The largest absolute Gasteiger partial charge is 0.468 e. The van der Waals surface area contributed by atoms with Gasteiger partial charge in [0.15, 0.2) is 0 Å². The van der Waals surface area contributed by atoms with Crippen LogP contribution >= 0.6 is 0 Å². The molecule has 1 saturated carbocycles. The van der Waals surface area contributed by atoms with Gasteiger partial charge in [0.1, 0.15) is 5.76 Å². The third kappa shape index (κ3) is 2.82. The van der Waals surface area contributed by atoms with Gasteiger partial charge in [0.2, 0.25) is 0 Å². The number of hydrogen-bond acceptors (Lipinski definition) is 3. The Bertz CT molecular complexity index is 514. The molecule has 1 aromatic carbocycles. The molecule has 3 heteroatoms. The maximum Gasteiger partial charge on any atom is 0.117 e. The Labute approximate surface area is 114 Å². The number of hydrogen-bond donors (Lipinski definition) is 1. The molecule has 1 aliphatic carbocycles. The minimum absolute atomic E-state index is 0.387. The van der Waals surface area contributed by atoms with Gasteiger partial charge in [0.05, 0.1) is 12.8 Å². The lowest BCUT2D eigenvalue weighted by molar-refractivity contribution is 0.176. The fraction of sp³-hybridized carbons (Fsp3) is 0.375. The summed E-state index contributed by atoms with van der Waals surface area (Å²) in [6, 6.07) is 13.3. The maximum atomic E-state index is 5.76. The van der Waals surface area contributed by atoms with Crippen LogP contribution in [0.25, 0.3) is 0 Å². The molecule has 0 aliphatic heterocycles. The second-order valence-electron chi connectivity index (χ2n) is 5.33. The van der Waals surface area contributed by atoms with Crippen molar-refractivity contribution in [1.29, 1.82) is 0 Å². The summed E-state index contributed by atoms with van der Waals surface area (Å²) >= 11 is 0. The molecule has 1 aromatic heterocycles. The van der Waals surface area contributed by atoms with Crippen LogP contribution in [0.3, 0.4) is 0 Å². The number of anilines is 1. The van der Waals surface area contributed by atoms with E-state index in [0.29, 0.717) is 12.1 Å². The summed E-state index contributed by atoms with van der Waals surface area (Å²) in [4.78, 5) is 2.52. The van der Waals surface area contributed by atoms with Crippen LogP contribution in [0.2, 0.25) is 0 Å². The van der Waals surface area contributed by atoms with E-state index in [1.54, 1.807) is 6.26 Å². The normalized spacial score (nSPS) is 16.7. The van der Waals surface area contributed by atoms with E-state index in [-0.39, 0.29) is 0 Å². The van der Waals surface area contributed by atoms with Gasteiger partial charge in [-0.2, -0.15) is 0 Å². The summed E-state index contributed by atoms with van der Waals surface area (Å²) < 4.78 is 5.49. The Kier molecular flexibility index (Phi) is 3.30. The van der Waals surface area contributed by atoms with E-state index in [0.717, 1.165) is 18.0 Å². The van der Waals surface area contributed by atoms with Gasteiger partial charge in [0, 0.05) is 17.8 Å². The van der Waals surface area contributed by atoms with Gasteiger partial charge in [-0.3, -0.25) is 4.90 Å². The maximum absolute atomic E-state index is 5.76. The third-order valence-electron chi connectivity index (χ3n) is 3.85. The van der Waals surface area contributed by atoms with E-state index < -0.39 is 0 Å². The van der Waals surface area contributed by atoms with Gasteiger partial charge in [-0.1, -0.05) is 12.1 Å². The minimum atomic E-state index is 0.387. The summed E-state index contributed by atoms with van der Waals surface area (Å²) in [6.07, 6.45) is 4.33. The third-order valence-corrected chi connectivity index (χ3v) is 3.85. The molecule has 3 rings (SSSR count). The van der Waals surface area contributed by atoms with Crippen LogP contribution in [0.1, 0.15) is 37.1 Å². The molecule has 2 N–H and O–H groups in total. The molecule has 1 unspecified atom stereocenters. The number of benzene rings is 1. The average Bonchev–Trinajstić information content (AvgIpc) is 3.13. The zero-order valence-corrected chi connectivity index (χ0v) is 11.3. The average molecular weight is 256 g/mol. The second kappa shape index (κ2) is 5.10. The molecule has 0 radical (unpaired) electrons. The lowest BCUT2D eigenvalue weighted by atomic mass is 10.1. The van der Waals surface area contributed by atoms with E-state index in [2.05, 4.69) is 24.0 Å². The molecule has 2 aromatic rings. The fourth-order valence-electron chi connectivity index (χ4n) is 2.54. The minimum Gasteiger partial charge on any atom is -0.468 e. The highest BCUT2D eigenvalue weighted by atomic mass is 16.3. The molecule has 0 bridgehead atoms. The summed E-state index contributed by atoms with van der Waals surface area (Å²) in [5.74, 6) is 1.04. The molecule has 1 atom stereocenters. The molecule has 1 fully saturated rings. The predicted molar refractivity (Wildman–Crippen MR) is 76.5 cm³/mol. The van der Waals surface area contributed by atoms with Crippen LogP contribution < -0.4 is 5.73 Å². The van der Waals surface area contributed by atoms with Crippen molar-refractivity contribution in [2.75, 3.05) is 5.73 Å². The molecule has 19 heavy (non-hydrogen) atoms. The van der Waals surface area contributed by atoms with Gasteiger partial charge in [-0.25, -0.2) is 0 Å². The van der Waals surface area contributed by atoms with Crippen LogP contribution in [-0.2, 0) is 6.54 Å². The van der Waals surface area contributed by atoms with Crippen molar-refractivity contribution in [3.63, 3.8) is 0 Å². The van der Waals surface area contributed by atoms with Crippen molar-refractivity contribution in [3.8, 4) is 0 Å². The summed E-state index contributed by atoms with van der Waals surface area (Å²) in [5, 5.41) is 0. The lowest BCUT2D eigenvalue weighted by Gasteiger charge is -2.28. The van der Waals surface area contributed by atoms with Crippen molar-refractivity contribution in [2.24, 2.45) is 0 Å². The molecular formula is C16H20N2O. The highest BCUT2D eigenvalue weighted by Crippen LogP contribution is 2.35. The lowest BCUT2D eigenvalue weighted by Crippen LogP contribution is -2.28. The smallest absolute Gasteiger partial charge is 0.117 e. The molecule has 0 spiro atoms. The quantitative estimate of drug-likeness (QED) is 0.831. The Morgan fingerprint density at radius 2 is 2.00 bits per heavy atom. The van der Waals surface area contributed by atoms with Crippen LogP contribution in [0.5, 0.6) is 0 Å². The van der Waals surface area contributed by atoms with Crippen molar-refractivity contribution < 1.29 is 4.42 Å². The number of nitrogen functional groups attached to an aromatic ring is 1. The summed E-state index contributed by atoms with van der Waals surface area (Å²) in [7, 11) is 0. The Hall–Kier alpha value is -1.74. The first-order chi connectivity index (χ1) is 9.24. The number of nitrogens with zero attached hydrogens (tertiary/aromatic N) is 1. The van der Waals surface area contributed by atoms with E-state index in [9.17, 15) is 0 Å². The SMILES string of the molecule is CC(c1ccc(N)cc1)N(Cc1ccco1)C1CC1. The van der Waals surface area contributed by atoms with E-state index in [4.69, 9.17) is 10.2 Å². The predicted octanol–water partition coefficient (Wildman–Crippen LogP) is 3.59. The van der Waals surface area contributed by atoms with Crippen LogP contribution in [-0.4, -0.2) is 10.9 Å². The Balaban J connectivity index is 1.77. The van der Waals surface area contributed by atoms with E-state index in [1.165, 1.54) is 18.4 Å². The van der Waals surface area contributed by atoms with Crippen molar-refractivity contribution in [3.05, 3.63) is 54.0 Å². The first-order valence-electron chi connectivity index (χ1n) is 6.87. The van der Waals surface area contributed by atoms with E-state index in [1.807, 2.05) is 24.3 Å². The molecule has 100 valence electrons. The van der Waals surface area contributed by atoms with Crippen LogP contribution in [0, 0.1) is 0 Å². The van der Waals surface area contributed by atoms with Crippen molar-refractivity contribution in [1.82, 2.24) is 4.90 Å². The highest BCUT2D eigenvalue weighted by Gasteiger charge is 2.33. The fourth-order valence-corrected chi connectivity index (χ4v) is 2.54. The number of furan rings is 1. The summed E-state index contributed by atoms with van der Waals surface area (Å²) in [5.41, 5.74) is 7.89. The zero-order chi connectivity index (χ0) is 13.2. The first-order valence-corrected chi connectivity index (χ1v) is 6.87. The van der Waals surface area contributed by atoms with Crippen molar-refractivity contribution >= 4 is 5.69 Å². The van der Waals surface area contributed by atoms with Gasteiger partial charge >= 0.3 is 0 Å².